The third-order valence-electron chi connectivity index (χ3n) is 2.95. The fourth-order valence-corrected chi connectivity index (χ4v) is 1.76. The van der Waals surface area contributed by atoms with Gasteiger partial charge in [0.2, 0.25) is 0 Å². The van der Waals surface area contributed by atoms with E-state index in [0.29, 0.717) is 11.9 Å². The molecule has 0 spiro atoms. The van der Waals surface area contributed by atoms with Gasteiger partial charge in [0.05, 0.1) is 11.6 Å². The zero-order valence-electron chi connectivity index (χ0n) is 11.2. The average Bonchev–Trinajstić information content (AvgIpc) is 2.45. The first kappa shape index (κ1) is 15.4. The molecule has 21 heavy (non-hydrogen) atoms. The Labute approximate surface area is 119 Å². The molecule has 0 aliphatic heterocycles. The number of aromatic nitrogens is 2. The van der Waals surface area contributed by atoms with Gasteiger partial charge in [0, 0.05) is 24.5 Å². The number of halogens is 4. The molecule has 0 aliphatic carbocycles. The summed E-state index contributed by atoms with van der Waals surface area (Å²) in [7, 11) is 0. The minimum Gasteiger partial charge on any atom is -0.303 e. The maximum absolute atomic E-state index is 13.7. The minimum atomic E-state index is -4.54. The zero-order chi connectivity index (χ0) is 15.5. The highest BCUT2D eigenvalue weighted by Crippen LogP contribution is 2.30. The van der Waals surface area contributed by atoms with E-state index in [1.54, 1.807) is 25.4 Å². The highest BCUT2D eigenvalue weighted by molar-refractivity contribution is 5.26. The Morgan fingerprint density at radius 1 is 1.19 bits per heavy atom. The van der Waals surface area contributed by atoms with E-state index < -0.39 is 17.6 Å². The first-order valence-corrected chi connectivity index (χ1v) is 6.24. The first-order valence-electron chi connectivity index (χ1n) is 6.24. The molecule has 0 amide bonds. The van der Waals surface area contributed by atoms with Crippen LogP contribution in [0.4, 0.5) is 17.6 Å². The van der Waals surface area contributed by atoms with Gasteiger partial charge in [-0.15, -0.1) is 0 Å². The van der Waals surface area contributed by atoms with Crippen molar-refractivity contribution < 1.29 is 17.6 Å². The number of alkyl halides is 3. The summed E-state index contributed by atoms with van der Waals surface area (Å²) in [5.41, 5.74) is -0.839. The van der Waals surface area contributed by atoms with Crippen LogP contribution in [-0.2, 0) is 12.7 Å². The summed E-state index contributed by atoms with van der Waals surface area (Å²) in [4.78, 5) is 8.09. The van der Waals surface area contributed by atoms with Gasteiger partial charge in [0.25, 0.3) is 0 Å². The Morgan fingerprint density at radius 3 is 2.43 bits per heavy atom. The van der Waals surface area contributed by atoms with Crippen molar-refractivity contribution in [2.45, 2.75) is 25.7 Å². The number of hydrogen-bond donors (Lipinski definition) is 1. The van der Waals surface area contributed by atoms with Crippen LogP contribution in [0.1, 0.15) is 29.9 Å². The number of rotatable bonds is 4. The SMILES string of the molecule is C[C@@H](NCc1ccc(C(F)(F)F)cc1F)c1ncccn1. The fraction of sp³-hybridized carbons (Fsp3) is 0.286. The van der Waals surface area contributed by atoms with E-state index in [1.807, 2.05) is 0 Å². The largest absolute Gasteiger partial charge is 0.416 e. The van der Waals surface area contributed by atoms with Gasteiger partial charge in [-0.05, 0) is 25.1 Å². The smallest absolute Gasteiger partial charge is 0.303 e. The molecule has 0 saturated heterocycles. The van der Waals surface area contributed by atoms with Crippen molar-refractivity contribution >= 4 is 0 Å². The quantitative estimate of drug-likeness (QED) is 0.878. The van der Waals surface area contributed by atoms with Crippen molar-refractivity contribution in [3.8, 4) is 0 Å². The van der Waals surface area contributed by atoms with Crippen molar-refractivity contribution in [3.05, 3.63) is 59.4 Å². The Bertz CT molecular complexity index is 599. The van der Waals surface area contributed by atoms with Crippen LogP contribution in [0.25, 0.3) is 0 Å². The number of benzene rings is 1. The molecule has 0 fully saturated rings. The van der Waals surface area contributed by atoms with Gasteiger partial charge >= 0.3 is 6.18 Å². The van der Waals surface area contributed by atoms with Crippen LogP contribution in [0, 0.1) is 5.82 Å². The molecule has 0 unspecified atom stereocenters. The number of nitrogens with one attached hydrogen (secondary N) is 1. The Kier molecular flexibility index (Phi) is 4.52. The van der Waals surface area contributed by atoms with Gasteiger partial charge in [0.15, 0.2) is 0 Å². The van der Waals surface area contributed by atoms with Crippen molar-refractivity contribution in [2.75, 3.05) is 0 Å². The summed E-state index contributed by atoms with van der Waals surface area (Å²) in [6.07, 6.45) is -1.38. The normalized spacial score (nSPS) is 13.2. The van der Waals surface area contributed by atoms with Gasteiger partial charge in [-0.25, -0.2) is 14.4 Å². The summed E-state index contributed by atoms with van der Waals surface area (Å²) in [5.74, 6) is -0.358. The fourth-order valence-electron chi connectivity index (χ4n) is 1.76. The molecule has 7 heteroatoms. The first-order chi connectivity index (χ1) is 9.88. The zero-order valence-corrected chi connectivity index (χ0v) is 11.2. The Hall–Kier alpha value is -2.02. The maximum Gasteiger partial charge on any atom is 0.416 e. The van der Waals surface area contributed by atoms with Crippen LogP contribution in [0.15, 0.2) is 36.7 Å². The highest BCUT2D eigenvalue weighted by atomic mass is 19.4. The van der Waals surface area contributed by atoms with E-state index in [1.165, 1.54) is 0 Å². The van der Waals surface area contributed by atoms with Gasteiger partial charge in [-0.1, -0.05) is 6.07 Å². The van der Waals surface area contributed by atoms with Crippen LogP contribution in [0.2, 0.25) is 0 Å². The molecule has 0 bridgehead atoms. The van der Waals surface area contributed by atoms with Gasteiger partial charge in [-0.2, -0.15) is 13.2 Å². The third-order valence-corrected chi connectivity index (χ3v) is 2.95. The molecule has 1 N–H and O–H groups in total. The molecule has 2 aromatic rings. The summed E-state index contributed by atoms with van der Waals surface area (Å²) in [5, 5.41) is 2.97. The van der Waals surface area contributed by atoms with Gasteiger partial charge in [0.1, 0.15) is 11.6 Å². The molecule has 1 atom stereocenters. The summed E-state index contributed by atoms with van der Waals surface area (Å²) >= 11 is 0. The number of hydrogen-bond acceptors (Lipinski definition) is 3. The van der Waals surface area contributed by atoms with Crippen LogP contribution >= 0.6 is 0 Å². The average molecular weight is 299 g/mol. The summed E-state index contributed by atoms with van der Waals surface area (Å²) in [6, 6.07) is 3.92. The van der Waals surface area contributed by atoms with E-state index >= 15 is 0 Å². The monoisotopic (exact) mass is 299 g/mol. The van der Waals surface area contributed by atoms with Crippen LogP contribution in [0.3, 0.4) is 0 Å². The second-order valence-electron chi connectivity index (χ2n) is 4.51. The van der Waals surface area contributed by atoms with Crippen LogP contribution < -0.4 is 5.32 Å². The molecule has 0 aliphatic rings. The summed E-state index contributed by atoms with van der Waals surface area (Å²) in [6.45, 7) is 1.88. The lowest BCUT2D eigenvalue weighted by atomic mass is 10.1. The third kappa shape index (κ3) is 3.98. The Balaban J connectivity index is 2.04. The van der Waals surface area contributed by atoms with Crippen molar-refractivity contribution in [1.82, 2.24) is 15.3 Å². The van der Waals surface area contributed by atoms with Crippen molar-refractivity contribution in [2.24, 2.45) is 0 Å². The molecular formula is C14H13F4N3. The van der Waals surface area contributed by atoms with Gasteiger partial charge in [-0.3, -0.25) is 0 Å². The van der Waals surface area contributed by atoms with Gasteiger partial charge < -0.3 is 5.32 Å². The van der Waals surface area contributed by atoms with E-state index in [9.17, 15) is 17.6 Å². The lowest BCUT2D eigenvalue weighted by Crippen LogP contribution is -2.21. The molecular weight excluding hydrogens is 286 g/mol. The molecule has 2 rings (SSSR count). The van der Waals surface area contributed by atoms with Crippen molar-refractivity contribution in [3.63, 3.8) is 0 Å². The molecule has 0 saturated carbocycles. The predicted molar refractivity (Wildman–Crippen MR) is 68.7 cm³/mol. The summed E-state index contributed by atoms with van der Waals surface area (Å²) < 4.78 is 51.0. The van der Waals surface area contributed by atoms with E-state index in [4.69, 9.17) is 0 Å². The molecule has 3 nitrogen and oxygen atoms in total. The predicted octanol–water partition coefficient (Wildman–Crippen LogP) is 3.49. The number of nitrogens with zero attached hydrogens (tertiary/aromatic N) is 2. The van der Waals surface area contributed by atoms with E-state index in [-0.39, 0.29) is 18.2 Å². The van der Waals surface area contributed by atoms with E-state index in [0.717, 1.165) is 12.1 Å². The van der Waals surface area contributed by atoms with E-state index in [2.05, 4.69) is 15.3 Å². The topological polar surface area (TPSA) is 37.8 Å². The molecule has 112 valence electrons. The lowest BCUT2D eigenvalue weighted by molar-refractivity contribution is -0.137. The molecule has 1 heterocycles. The molecule has 0 radical (unpaired) electrons. The lowest BCUT2D eigenvalue weighted by Gasteiger charge is -2.13. The molecule has 1 aromatic heterocycles. The van der Waals surface area contributed by atoms with Crippen LogP contribution in [-0.4, -0.2) is 9.97 Å². The molecule has 1 aromatic carbocycles. The maximum atomic E-state index is 13.7. The Morgan fingerprint density at radius 2 is 1.86 bits per heavy atom. The van der Waals surface area contributed by atoms with Crippen LogP contribution in [0.5, 0.6) is 0 Å². The van der Waals surface area contributed by atoms with Crippen molar-refractivity contribution in [1.29, 1.82) is 0 Å². The highest BCUT2D eigenvalue weighted by Gasteiger charge is 2.31. The standard InChI is InChI=1S/C14H13F4N3/c1-9(13-19-5-2-6-20-13)21-8-10-3-4-11(7-12(10)15)14(16,17)18/h2-7,9,21H,8H2,1H3/t9-/m1/s1. The minimum absolute atomic E-state index is 0.0867. The second kappa shape index (κ2) is 6.17. The second-order valence-corrected chi connectivity index (χ2v) is 4.51.